The first kappa shape index (κ1) is 27.1. The summed E-state index contributed by atoms with van der Waals surface area (Å²) in [5, 5.41) is 10.3. The molecule has 0 aliphatic carbocycles. The Balaban J connectivity index is 0.000000405. The lowest BCUT2D eigenvalue weighted by Gasteiger charge is -2.38. The van der Waals surface area contributed by atoms with Gasteiger partial charge in [-0.2, -0.15) is 13.2 Å². The number of likely N-dealkylation sites (tertiary alicyclic amines) is 2. The summed E-state index contributed by atoms with van der Waals surface area (Å²) in [6, 6.07) is 6.16. The number of aliphatic carboxylic acids is 1. The molecule has 200 valence electrons. The molecule has 2 saturated heterocycles. The molecule has 37 heavy (non-hydrogen) atoms. The maximum Gasteiger partial charge on any atom is 0.490 e. The van der Waals surface area contributed by atoms with Crippen molar-refractivity contribution in [2.75, 3.05) is 13.1 Å². The standard InChI is InChI=1S/C23H29N5OS.C2HF3O2/c1-17-20(25-21-6-3-4-12-27(17)21)15-26-11-5-8-23(10-13-26)9-7-22(29)28(23)14-19-16-30-18(2)24-19;3-2(4,5)1(6)7/h3-4,6,12,16H,5,7-11,13-15H2,1-2H3;(H,6,7). The van der Waals surface area contributed by atoms with Gasteiger partial charge in [-0.15, -0.1) is 11.3 Å². The number of alkyl halides is 3. The van der Waals surface area contributed by atoms with Crippen LogP contribution in [0.15, 0.2) is 29.8 Å². The normalized spacial score (nSPS) is 20.8. The number of hydrogen-bond donors (Lipinski definition) is 1. The summed E-state index contributed by atoms with van der Waals surface area (Å²) in [6.07, 6.45) is 1.90. The summed E-state index contributed by atoms with van der Waals surface area (Å²) in [6.45, 7) is 7.79. The second kappa shape index (κ2) is 10.8. The fourth-order valence-corrected chi connectivity index (χ4v) is 5.82. The van der Waals surface area contributed by atoms with Crippen molar-refractivity contribution in [2.45, 2.75) is 70.8 Å². The molecule has 1 N–H and O–H groups in total. The smallest absolute Gasteiger partial charge is 0.475 e. The Morgan fingerprint density at radius 1 is 1.14 bits per heavy atom. The maximum absolute atomic E-state index is 12.8. The number of carboxylic acid groups (broad SMARTS) is 1. The Morgan fingerprint density at radius 3 is 2.54 bits per heavy atom. The zero-order valence-electron chi connectivity index (χ0n) is 20.8. The number of amides is 1. The number of fused-ring (bicyclic) bond motifs is 1. The van der Waals surface area contributed by atoms with E-state index in [1.54, 1.807) is 11.3 Å². The van der Waals surface area contributed by atoms with E-state index in [0.29, 0.717) is 18.9 Å². The number of imidazole rings is 1. The first-order valence-electron chi connectivity index (χ1n) is 12.1. The molecule has 3 aromatic heterocycles. The molecule has 2 aliphatic heterocycles. The summed E-state index contributed by atoms with van der Waals surface area (Å²) >= 11 is 1.67. The van der Waals surface area contributed by atoms with Crippen molar-refractivity contribution in [3.05, 3.63) is 51.9 Å². The largest absolute Gasteiger partial charge is 0.490 e. The van der Waals surface area contributed by atoms with Gasteiger partial charge >= 0.3 is 12.1 Å². The van der Waals surface area contributed by atoms with Crippen molar-refractivity contribution in [1.82, 2.24) is 24.2 Å². The van der Waals surface area contributed by atoms with Crippen LogP contribution in [0.4, 0.5) is 13.2 Å². The van der Waals surface area contributed by atoms with Crippen LogP contribution in [-0.4, -0.2) is 66.0 Å². The molecule has 8 nitrogen and oxygen atoms in total. The first-order valence-corrected chi connectivity index (χ1v) is 13.0. The number of carbonyl (C=O) groups is 2. The molecule has 1 atom stereocenters. The monoisotopic (exact) mass is 537 g/mol. The minimum Gasteiger partial charge on any atom is -0.475 e. The number of aryl methyl sites for hydroxylation is 2. The van der Waals surface area contributed by atoms with Gasteiger partial charge in [0, 0.05) is 42.3 Å². The van der Waals surface area contributed by atoms with Gasteiger partial charge in [0.05, 0.1) is 22.9 Å². The van der Waals surface area contributed by atoms with Gasteiger partial charge in [0.15, 0.2) is 0 Å². The van der Waals surface area contributed by atoms with E-state index >= 15 is 0 Å². The van der Waals surface area contributed by atoms with Crippen molar-refractivity contribution in [3.8, 4) is 0 Å². The first-order chi connectivity index (χ1) is 17.5. The molecule has 5 rings (SSSR count). The summed E-state index contributed by atoms with van der Waals surface area (Å²) in [4.78, 5) is 35.8. The average Bonchev–Trinajstić information content (AvgIpc) is 3.43. The second-order valence-corrected chi connectivity index (χ2v) is 10.6. The quantitative estimate of drug-likeness (QED) is 0.524. The fraction of sp³-hybridized carbons (Fsp3) is 0.520. The molecule has 1 amide bonds. The van der Waals surface area contributed by atoms with E-state index in [1.807, 2.05) is 13.0 Å². The highest BCUT2D eigenvalue weighted by Crippen LogP contribution is 2.40. The highest BCUT2D eigenvalue weighted by atomic mass is 32.1. The van der Waals surface area contributed by atoms with Crippen LogP contribution in [-0.2, 0) is 22.7 Å². The summed E-state index contributed by atoms with van der Waals surface area (Å²) in [7, 11) is 0. The molecule has 3 aromatic rings. The van der Waals surface area contributed by atoms with Crippen LogP contribution in [0.25, 0.3) is 5.65 Å². The van der Waals surface area contributed by atoms with Crippen LogP contribution in [0.5, 0.6) is 0 Å². The molecule has 12 heteroatoms. The number of rotatable bonds is 4. The Bertz CT molecular complexity index is 1270. The number of carboxylic acids is 1. The third-order valence-corrected chi connectivity index (χ3v) is 7.98. The lowest BCUT2D eigenvalue weighted by atomic mass is 9.87. The van der Waals surface area contributed by atoms with Crippen LogP contribution < -0.4 is 0 Å². The highest BCUT2D eigenvalue weighted by molar-refractivity contribution is 7.09. The summed E-state index contributed by atoms with van der Waals surface area (Å²) in [5.41, 5.74) is 4.43. The molecule has 1 spiro atoms. The van der Waals surface area contributed by atoms with Crippen LogP contribution in [0, 0.1) is 13.8 Å². The number of aromatic nitrogens is 3. The van der Waals surface area contributed by atoms with E-state index in [2.05, 4.69) is 49.8 Å². The van der Waals surface area contributed by atoms with Crippen molar-refractivity contribution in [1.29, 1.82) is 0 Å². The third-order valence-electron chi connectivity index (χ3n) is 7.16. The molecule has 2 aliphatic rings. The average molecular weight is 538 g/mol. The van der Waals surface area contributed by atoms with Crippen molar-refractivity contribution in [2.24, 2.45) is 0 Å². The molecule has 0 saturated carbocycles. The summed E-state index contributed by atoms with van der Waals surface area (Å²) in [5.74, 6) is -2.46. The molecular formula is C25H30F3N5O3S. The summed E-state index contributed by atoms with van der Waals surface area (Å²) < 4.78 is 33.9. The lowest BCUT2D eigenvalue weighted by molar-refractivity contribution is -0.192. The number of nitrogens with zero attached hydrogens (tertiary/aromatic N) is 5. The van der Waals surface area contributed by atoms with E-state index < -0.39 is 12.1 Å². The van der Waals surface area contributed by atoms with Gasteiger partial charge in [-0.05, 0) is 58.2 Å². The molecule has 0 radical (unpaired) electrons. The Kier molecular flexibility index (Phi) is 7.88. The number of thiazole rings is 1. The number of pyridine rings is 1. The number of carbonyl (C=O) groups excluding carboxylic acids is 1. The molecule has 0 aromatic carbocycles. The Morgan fingerprint density at radius 2 is 1.89 bits per heavy atom. The molecular weight excluding hydrogens is 507 g/mol. The van der Waals surface area contributed by atoms with E-state index in [0.717, 1.165) is 67.4 Å². The van der Waals surface area contributed by atoms with Gasteiger partial charge in [-0.25, -0.2) is 14.8 Å². The number of hydrogen-bond acceptors (Lipinski definition) is 6. The predicted octanol–water partition coefficient (Wildman–Crippen LogP) is 4.59. The van der Waals surface area contributed by atoms with Gasteiger partial charge in [-0.3, -0.25) is 9.69 Å². The zero-order chi connectivity index (χ0) is 26.8. The van der Waals surface area contributed by atoms with E-state index in [9.17, 15) is 18.0 Å². The molecule has 2 fully saturated rings. The molecule has 1 unspecified atom stereocenters. The van der Waals surface area contributed by atoms with Gasteiger partial charge in [0.25, 0.3) is 0 Å². The Hall–Kier alpha value is -2.99. The van der Waals surface area contributed by atoms with Gasteiger partial charge < -0.3 is 14.4 Å². The van der Waals surface area contributed by atoms with Gasteiger partial charge in [0.2, 0.25) is 5.91 Å². The van der Waals surface area contributed by atoms with Crippen LogP contribution >= 0.6 is 11.3 Å². The number of halogens is 3. The predicted molar refractivity (Wildman–Crippen MR) is 132 cm³/mol. The Labute approximate surface area is 216 Å². The highest BCUT2D eigenvalue weighted by Gasteiger charge is 2.45. The van der Waals surface area contributed by atoms with Crippen molar-refractivity contribution < 1.29 is 27.9 Å². The van der Waals surface area contributed by atoms with Crippen molar-refractivity contribution >= 4 is 28.9 Å². The van der Waals surface area contributed by atoms with E-state index in [4.69, 9.17) is 14.9 Å². The maximum atomic E-state index is 12.8. The third kappa shape index (κ3) is 6.12. The van der Waals surface area contributed by atoms with Gasteiger partial charge in [-0.1, -0.05) is 6.07 Å². The van der Waals surface area contributed by atoms with Crippen LogP contribution in [0.3, 0.4) is 0 Å². The van der Waals surface area contributed by atoms with Crippen LogP contribution in [0.1, 0.15) is 54.2 Å². The minimum atomic E-state index is -5.08. The van der Waals surface area contributed by atoms with E-state index in [-0.39, 0.29) is 5.54 Å². The SMILES string of the molecule is Cc1nc(CN2C(=O)CCC23CCCN(Cc2nc4ccccn4c2C)CC3)cs1.O=C(O)C(F)(F)F. The molecule has 0 bridgehead atoms. The molecule has 5 heterocycles. The van der Waals surface area contributed by atoms with E-state index in [1.165, 1.54) is 5.69 Å². The second-order valence-electron chi connectivity index (χ2n) is 9.57. The zero-order valence-corrected chi connectivity index (χ0v) is 21.6. The van der Waals surface area contributed by atoms with Gasteiger partial charge in [0.1, 0.15) is 5.65 Å². The fourth-order valence-electron chi connectivity index (χ4n) is 5.21. The topological polar surface area (TPSA) is 91.0 Å². The van der Waals surface area contributed by atoms with Crippen molar-refractivity contribution in [3.63, 3.8) is 0 Å². The van der Waals surface area contributed by atoms with Crippen LogP contribution in [0.2, 0.25) is 0 Å². The minimum absolute atomic E-state index is 0.00267. The lowest BCUT2D eigenvalue weighted by Crippen LogP contribution is -2.46.